The van der Waals surface area contributed by atoms with Gasteiger partial charge in [-0.2, -0.15) is 0 Å². The first-order chi connectivity index (χ1) is 10.9. The number of rotatable bonds is 1. The molecule has 0 aliphatic carbocycles. The lowest BCUT2D eigenvalue weighted by Crippen LogP contribution is -2.71. The molecule has 2 fully saturated rings. The van der Waals surface area contributed by atoms with Crippen LogP contribution in [0.3, 0.4) is 0 Å². The van der Waals surface area contributed by atoms with Crippen LogP contribution >= 0.6 is 0 Å². The SMILES string of the molecule is C=C1N[C@@]2(c3ccccc3F)COC(C)(C)C[C@H]2S(=O)(=O)C1(C)C. The largest absolute Gasteiger partial charge is 0.375 e. The molecule has 0 bridgehead atoms. The lowest BCUT2D eigenvalue weighted by atomic mass is 9.78. The molecule has 0 saturated carbocycles. The van der Waals surface area contributed by atoms with E-state index in [4.69, 9.17) is 4.74 Å². The minimum absolute atomic E-state index is 0.0694. The predicted octanol–water partition coefficient (Wildman–Crippen LogP) is 2.90. The molecule has 1 aromatic rings. The van der Waals surface area contributed by atoms with Crippen molar-refractivity contribution in [3.8, 4) is 0 Å². The first-order valence-electron chi connectivity index (χ1n) is 8.04. The number of halogens is 1. The van der Waals surface area contributed by atoms with Crippen LogP contribution in [-0.2, 0) is 20.1 Å². The van der Waals surface area contributed by atoms with E-state index in [0.717, 1.165) is 0 Å². The zero-order valence-corrected chi connectivity index (χ0v) is 15.3. The molecule has 4 nitrogen and oxygen atoms in total. The first-order valence-corrected chi connectivity index (χ1v) is 9.59. The quantitative estimate of drug-likeness (QED) is 0.843. The molecule has 0 radical (unpaired) electrons. The van der Waals surface area contributed by atoms with Gasteiger partial charge in [0, 0.05) is 11.3 Å². The lowest BCUT2D eigenvalue weighted by molar-refractivity contribution is -0.0948. The second-order valence-corrected chi connectivity index (χ2v) is 10.5. The third kappa shape index (κ3) is 2.23. The molecule has 0 spiro atoms. The minimum atomic E-state index is -3.61. The van der Waals surface area contributed by atoms with Crippen molar-refractivity contribution in [3.05, 3.63) is 47.9 Å². The molecule has 0 unspecified atom stereocenters. The summed E-state index contributed by atoms with van der Waals surface area (Å²) >= 11 is 0. The van der Waals surface area contributed by atoms with Crippen molar-refractivity contribution in [2.75, 3.05) is 6.61 Å². The van der Waals surface area contributed by atoms with Gasteiger partial charge in [0.15, 0.2) is 9.84 Å². The maximum atomic E-state index is 14.6. The summed E-state index contributed by atoms with van der Waals surface area (Å²) in [5.74, 6) is -0.444. The topological polar surface area (TPSA) is 55.4 Å². The summed E-state index contributed by atoms with van der Waals surface area (Å²) in [5, 5.41) is 2.43. The van der Waals surface area contributed by atoms with E-state index in [9.17, 15) is 12.8 Å². The molecule has 132 valence electrons. The number of benzene rings is 1. The van der Waals surface area contributed by atoms with Crippen molar-refractivity contribution >= 4 is 9.84 Å². The van der Waals surface area contributed by atoms with Gasteiger partial charge in [0.25, 0.3) is 0 Å². The van der Waals surface area contributed by atoms with Crippen LogP contribution in [0, 0.1) is 5.82 Å². The van der Waals surface area contributed by atoms with Crippen LogP contribution in [0.5, 0.6) is 0 Å². The molecular weight excluding hydrogens is 329 g/mol. The standard InChI is InChI=1S/C18H24FNO3S/c1-12-17(4,5)24(21,22)15-10-16(2,3)23-11-18(15,20-12)13-8-6-7-9-14(13)19/h6-9,15,20H,1,10-11H2,2-5H3/t15-,18-/m1/s1. The van der Waals surface area contributed by atoms with E-state index in [0.29, 0.717) is 11.3 Å². The van der Waals surface area contributed by atoms with Crippen molar-refractivity contribution in [1.29, 1.82) is 0 Å². The highest BCUT2D eigenvalue weighted by molar-refractivity contribution is 7.93. The highest BCUT2D eigenvalue weighted by atomic mass is 32.2. The van der Waals surface area contributed by atoms with Gasteiger partial charge in [0.05, 0.1) is 17.5 Å². The Balaban J connectivity index is 2.27. The lowest BCUT2D eigenvalue weighted by Gasteiger charge is -2.56. The molecule has 3 rings (SSSR count). The average Bonchev–Trinajstić information content (AvgIpc) is 2.48. The van der Waals surface area contributed by atoms with Gasteiger partial charge in [-0.15, -0.1) is 0 Å². The molecule has 24 heavy (non-hydrogen) atoms. The molecule has 6 heteroatoms. The van der Waals surface area contributed by atoms with Gasteiger partial charge in [-0.1, -0.05) is 24.8 Å². The Bertz CT molecular complexity index is 800. The van der Waals surface area contributed by atoms with Crippen LogP contribution in [0.4, 0.5) is 4.39 Å². The molecule has 1 aromatic carbocycles. The van der Waals surface area contributed by atoms with Crippen molar-refractivity contribution < 1.29 is 17.5 Å². The van der Waals surface area contributed by atoms with Gasteiger partial charge in [0.2, 0.25) is 0 Å². The first kappa shape index (κ1) is 17.4. The van der Waals surface area contributed by atoms with Crippen molar-refractivity contribution in [1.82, 2.24) is 5.32 Å². The second kappa shape index (κ2) is 5.05. The Morgan fingerprint density at radius 2 is 1.88 bits per heavy atom. The monoisotopic (exact) mass is 353 g/mol. The highest BCUT2D eigenvalue weighted by Gasteiger charge is 2.62. The molecular formula is C18H24FNO3S. The van der Waals surface area contributed by atoms with Crippen LogP contribution in [0.2, 0.25) is 0 Å². The number of hydrogen-bond acceptors (Lipinski definition) is 4. The molecule has 1 N–H and O–H groups in total. The fraction of sp³-hybridized carbons (Fsp3) is 0.556. The predicted molar refractivity (Wildman–Crippen MR) is 91.8 cm³/mol. The normalized spacial score (nSPS) is 33.4. The fourth-order valence-electron chi connectivity index (χ4n) is 3.66. The highest BCUT2D eigenvalue weighted by Crippen LogP contribution is 2.49. The van der Waals surface area contributed by atoms with Gasteiger partial charge in [0.1, 0.15) is 16.1 Å². The van der Waals surface area contributed by atoms with E-state index in [-0.39, 0.29) is 13.0 Å². The Hall–Kier alpha value is -1.40. The summed E-state index contributed by atoms with van der Waals surface area (Å²) < 4.78 is 46.1. The fourth-order valence-corrected chi connectivity index (χ4v) is 6.17. The summed E-state index contributed by atoms with van der Waals surface area (Å²) in [6.45, 7) is 11.0. The van der Waals surface area contributed by atoms with Gasteiger partial charge >= 0.3 is 0 Å². The third-order valence-corrected chi connectivity index (χ3v) is 8.45. The zero-order chi connectivity index (χ0) is 18.0. The maximum Gasteiger partial charge on any atom is 0.166 e. The van der Waals surface area contributed by atoms with Crippen molar-refractivity contribution in [2.24, 2.45) is 0 Å². The van der Waals surface area contributed by atoms with E-state index in [1.807, 2.05) is 13.8 Å². The average molecular weight is 353 g/mol. The summed E-state index contributed by atoms with van der Waals surface area (Å²) in [4.78, 5) is 0. The van der Waals surface area contributed by atoms with E-state index in [1.54, 1.807) is 32.0 Å². The molecule has 2 saturated heterocycles. The van der Waals surface area contributed by atoms with Crippen LogP contribution in [0.1, 0.15) is 39.7 Å². The summed E-state index contributed by atoms with van der Waals surface area (Å²) in [5.41, 5.74) is -1.08. The number of sulfone groups is 1. The Kier molecular flexibility index (Phi) is 3.67. The van der Waals surface area contributed by atoms with Gasteiger partial charge in [-0.3, -0.25) is 0 Å². The van der Waals surface area contributed by atoms with Gasteiger partial charge in [-0.05, 0) is 40.2 Å². The van der Waals surface area contributed by atoms with E-state index in [2.05, 4.69) is 11.9 Å². The zero-order valence-electron chi connectivity index (χ0n) is 14.5. The number of fused-ring (bicyclic) bond motifs is 1. The molecule has 2 aliphatic heterocycles. The minimum Gasteiger partial charge on any atom is -0.375 e. The number of hydrogen-bond donors (Lipinski definition) is 1. The maximum absolute atomic E-state index is 14.6. The Morgan fingerprint density at radius 3 is 2.50 bits per heavy atom. The summed E-state index contributed by atoms with van der Waals surface area (Å²) in [6.07, 6.45) is 0.285. The smallest absolute Gasteiger partial charge is 0.166 e. The van der Waals surface area contributed by atoms with Crippen LogP contribution in [-0.4, -0.2) is 30.6 Å². The molecule has 2 atom stereocenters. The van der Waals surface area contributed by atoms with E-state index in [1.165, 1.54) is 6.07 Å². The summed E-state index contributed by atoms with van der Waals surface area (Å²) in [6, 6.07) is 6.27. The second-order valence-electron chi connectivity index (χ2n) is 7.85. The Morgan fingerprint density at radius 1 is 1.25 bits per heavy atom. The molecule has 0 amide bonds. The van der Waals surface area contributed by atoms with Gasteiger partial charge in [-0.25, -0.2) is 12.8 Å². The van der Waals surface area contributed by atoms with Gasteiger partial charge < -0.3 is 10.1 Å². The van der Waals surface area contributed by atoms with Crippen molar-refractivity contribution in [2.45, 2.75) is 55.3 Å². The van der Waals surface area contributed by atoms with E-state index < -0.39 is 36.8 Å². The number of ether oxygens (including phenoxy) is 1. The molecule has 2 heterocycles. The van der Waals surface area contributed by atoms with Crippen LogP contribution in [0.25, 0.3) is 0 Å². The van der Waals surface area contributed by atoms with Crippen LogP contribution < -0.4 is 5.32 Å². The summed E-state index contributed by atoms with van der Waals surface area (Å²) in [7, 11) is -3.61. The van der Waals surface area contributed by atoms with E-state index >= 15 is 0 Å². The number of nitrogens with one attached hydrogen (secondary N) is 1. The van der Waals surface area contributed by atoms with Crippen molar-refractivity contribution in [3.63, 3.8) is 0 Å². The molecule has 2 aliphatic rings. The third-order valence-electron chi connectivity index (χ3n) is 5.46. The van der Waals surface area contributed by atoms with Crippen LogP contribution in [0.15, 0.2) is 36.5 Å². The molecule has 0 aromatic heterocycles. The Labute approximate surface area is 143 Å².